The monoisotopic (exact) mass is 284 g/mol. The molecule has 2 aromatic carbocycles. The molecule has 0 spiro atoms. The van der Waals surface area contributed by atoms with Gasteiger partial charge in [-0.15, -0.1) is 0 Å². The standard InChI is InChI=1S/C17H20N2O2/c1-2-12-18-17(20)19-16-11-7-6-8-14(16)13-21-15-9-4-3-5-10-15/h3-11H,2,12-13H2,1H3,(H2,18,19,20). The summed E-state index contributed by atoms with van der Waals surface area (Å²) in [6.07, 6.45) is 0.909. The van der Waals surface area contributed by atoms with Gasteiger partial charge in [-0.1, -0.05) is 43.3 Å². The number of para-hydroxylation sites is 2. The summed E-state index contributed by atoms with van der Waals surface area (Å²) in [5.74, 6) is 0.808. The van der Waals surface area contributed by atoms with Gasteiger partial charge < -0.3 is 15.4 Å². The van der Waals surface area contributed by atoms with Crippen LogP contribution in [0.5, 0.6) is 5.75 Å². The highest BCUT2D eigenvalue weighted by Crippen LogP contribution is 2.18. The Morgan fingerprint density at radius 2 is 1.76 bits per heavy atom. The molecule has 2 aromatic rings. The largest absolute Gasteiger partial charge is 0.489 e. The number of nitrogens with one attached hydrogen (secondary N) is 2. The number of hydrogen-bond acceptors (Lipinski definition) is 2. The summed E-state index contributed by atoms with van der Waals surface area (Å²) in [5.41, 5.74) is 1.70. The van der Waals surface area contributed by atoms with E-state index in [0.29, 0.717) is 13.2 Å². The van der Waals surface area contributed by atoms with Gasteiger partial charge in [-0.25, -0.2) is 4.79 Å². The van der Waals surface area contributed by atoms with Crippen molar-refractivity contribution in [1.29, 1.82) is 0 Å². The van der Waals surface area contributed by atoms with Gasteiger partial charge in [0, 0.05) is 17.8 Å². The van der Waals surface area contributed by atoms with Gasteiger partial charge in [0.1, 0.15) is 12.4 Å². The first kappa shape index (κ1) is 14.9. The number of urea groups is 1. The van der Waals surface area contributed by atoms with E-state index in [2.05, 4.69) is 10.6 Å². The van der Waals surface area contributed by atoms with E-state index >= 15 is 0 Å². The van der Waals surface area contributed by atoms with E-state index in [9.17, 15) is 4.79 Å². The van der Waals surface area contributed by atoms with Crippen molar-refractivity contribution in [3.05, 3.63) is 60.2 Å². The van der Waals surface area contributed by atoms with E-state index in [1.165, 1.54) is 0 Å². The van der Waals surface area contributed by atoms with Gasteiger partial charge >= 0.3 is 6.03 Å². The molecule has 2 amide bonds. The molecule has 2 N–H and O–H groups in total. The maximum absolute atomic E-state index is 11.7. The van der Waals surface area contributed by atoms with Gasteiger partial charge in [-0.05, 0) is 24.6 Å². The Kier molecular flexibility index (Phi) is 5.64. The van der Waals surface area contributed by atoms with E-state index in [1.54, 1.807) is 0 Å². The first-order valence-electron chi connectivity index (χ1n) is 7.10. The summed E-state index contributed by atoms with van der Waals surface area (Å²) in [4.78, 5) is 11.7. The molecule has 0 radical (unpaired) electrons. The van der Waals surface area contributed by atoms with Crippen LogP contribution in [0.2, 0.25) is 0 Å². The van der Waals surface area contributed by atoms with E-state index in [0.717, 1.165) is 23.4 Å². The summed E-state index contributed by atoms with van der Waals surface area (Å²) >= 11 is 0. The van der Waals surface area contributed by atoms with Gasteiger partial charge in [0.2, 0.25) is 0 Å². The fraction of sp³-hybridized carbons (Fsp3) is 0.235. The quantitative estimate of drug-likeness (QED) is 0.847. The van der Waals surface area contributed by atoms with Crippen LogP contribution in [0.25, 0.3) is 0 Å². The van der Waals surface area contributed by atoms with Crippen molar-refractivity contribution in [2.75, 3.05) is 11.9 Å². The molecule has 0 atom stereocenters. The molecule has 4 nitrogen and oxygen atoms in total. The van der Waals surface area contributed by atoms with E-state index < -0.39 is 0 Å². The Bertz CT molecular complexity index is 570. The third-order valence-corrected chi connectivity index (χ3v) is 2.94. The molecular weight excluding hydrogens is 264 g/mol. The summed E-state index contributed by atoms with van der Waals surface area (Å²) < 4.78 is 5.72. The lowest BCUT2D eigenvalue weighted by molar-refractivity contribution is 0.252. The van der Waals surface area contributed by atoms with Crippen molar-refractivity contribution >= 4 is 11.7 Å². The van der Waals surface area contributed by atoms with Crippen molar-refractivity contribution in [3.63, 3.8) is 0 Å². The molecule has 0 unspecified atom stereocenters. The third-order valence-electron chi connectivity index (χ3n) is 2.94. The second-order valence-corrected chi connectivity index (χ2v) is 4.64. The number of anilines is 1. The maximum Gasteiger partial charge on any atom is 0.319 e. The molecule has 4 heteroatoms. The zero-order valence-corrected chi connectivity index (χ0v) is 12.1. The Morgan fingerprint density at radius 3 is 2.52 bits per heavy atom. The van der Waals surface area contributed by atoms with Crippen LogP contribution >= 0.6 is 0 Å². The molecule has 0 saturated heterocycles. The number of carbonyl (C=O) groups excluding carboxylic acids is 1. The molecule has 110 valence electrons. The highest BCUT2D eigenvalue weighted by atomic mass is 16.5. The minimum atomic E-state index is -0.191. The molecule has 21 heavy (non-hydrogen) atoms. The molecule has 0 saturated carbocycles. The zero-order chi connectivity index (χ0) is 14.9. The smallest absolute Gasteiger partial charge is 0.319 e. The van der Waals surface area contributed by atoms with Crippen molar-refractivity contribution in [3.8, 4) is 5.75 Å². The molecule has 0 bridgehead atoms. The summed E-state index contributed by atoms with van der Waals surface area (Å²) in [6.45, 7) is 3.09. The van der Waals surface area contributed by atoms with Crippen LogP contribution < -0.4 is 15.4 Å². The maximum atomic E-state index is 11.7. The van der Waals surface area contributed by atoms with Crippen molar-refractivity contribution < 1.29 is 9.53 Å². The summed E-state index contributed by atoms with van der Waals surface area (Å²) in [5, 5.41) is 5.64. The summed E-state index contributed by atoms with van der Waals surface area (Å²) in [7, 11) is 0. The zero-order valence-electron chi connectivity index (χ0n) is 12.1. The van der Waals surface area contributed by atoms with Gasteiger partial charge in [0.25, 0.3) is 0 Å². The Labute approximate surface area is 125 Å². The van der Waals surface area contributed by atoms with E-state index in [-0.39, 0.29) is 6.03 Å². The number of ether oxygens (including phenoxy) is 1. The van der Waals surface area contributed by atoms with Gasteiger partial charge in [0.15, 0.2) is 0 Å². The van der Waals surface area contributed by atoms with E-state index in [1.807, 2.05) is 61.5 Å². The first-order chi connectivity index (χ1) is 10.3. The second-order valence-electron chi connectivity index (χ2n) is 4.64. The molecular formula is C17H20N2O2. The lowest BCUT2D eigenvalue weighted by Gasteiger charge is -2.12. The Hall–Kier alpha value is -2.49. The Morgan fingerprint density at radius 1 is 1.05 bits per heavy atom. The fourth-order valence-corrected chi connectivity index (χ4v) is 1.85. The van der Waals surface area contributed by atoms with Crippen LogP contribution in [0, 0.1) is 0 Å². The van der Waals surface area contributed by atoms with Crippen molar-refractivity contribution in [1.82, 2.24) is 5.32 Å². The number of amides is 2. The summed E-state index contributed by atoms with van der Waals surface area (Å²) in [6, 6.07) is 17.1. The van der Waals surface area contributed by atoms with Crippen LogP contribution in [-0.2, 0) is 6.61 Å². The number of hydrogen-bond donors (Lipinski definition) is 2. The second kappa shape index (κ2) is 7.94. The van der Waals surface area contributed by atoms with Crippen LogP contribution in [0.1, 0.15) is 18.9 Å². The minimum absolute atomic E-state index is 0.191. The molecule has 0 aliphatic carbocycles. The highest BCUT2D eigenvalue weighted by molar-refractivity contribution is 5.90. The fourth-order valence-electron chi connectivity index (χ4n) is 1.85. The number of benzene rings is 2. The first-order valence-corrected chi connectivity index (χ1v) is 7.10. The van der Waals surface area contributed by atoms with Gasteiger partial charge in [0.05, 0.1) is 0 Å². The SMILES string of the molecule is CCCNC(=O)Nc1ccccc1COc1ccccc1. The van der Waals surface area contributed by atoms with Gasteiger partial charge in [-0.3, -0.25) is 0 Å². The predicted molar refractivity (Wildman–Crippen MR) is 84.5 cm³/mol. The topological polar surface area (TPSA) is 50.4 Å². The predicted octanol–water partition coefficient (Wildman–Crippen LogP) is 3.80. The van der Waals surface area contributed by atoms with Crippen LogP contribution in [0.15, 0.2) is 54.6 Å². The average molecular weight is 284 g/mol. The van der Waals surface area contributed by atoms with Crippen molar-refractivity contribution in [2.24, 2.45) is 0 Å². The lowest BCUT2D eigenvalue weighted by Crippen LogP contribution is -2.29. The van der Waals surface area contributed by atoms with Crippen molar-refractivity contribution in [2.45, 2.75) is 20.0 Å². The molecule has 0 aliphatic heterocycles. The minimum Gasteiger partial charge on any atom is -0.489 e. The number of rotatable bonds is 6. The molecule has 0 heterocycles. The van der Waals surface area contributed by atoms with Crippen LogP contribution in [0.4, 0.5) is 10.5 Å². The third kappa shape index (κ3) is 4.84. The lowest BCUT2D eigenvalue weighted by atomic mass is 10.2. The van der Waals surface area contributed by atoms with E-state index in [4.69, 9.17) is 4.74 Å². The Balaban J connectivity index is 1.98. The molecule has 0 aliphatic rings. The van der Waals surface area contributed by atoms with Crippen LogP contribution in [0.3, 0.4) is 0 Å². The molecule has 0 fully saturated rings. The van der Waals surface area contributed by atoms with Crippen LogP contribution in [-0.4, -0.2) is 12.6 Å². The average Bonchev–Trinajstić information content (AvgIpc) is 2.53. The molecule has 2 rings (SSSR count). The van der Waals surface area contributed by atoms with Gasteiger partial charge in [-0.2, -0.15) is 0 Å². The molecule has 0 aromatic heterocycles. The normalized spacial score (nSPS) is 9.95. The number of carbonyl (C=O) groups is 1. The highest BCUT2D eigenvalue weighted by Gasteiger charge is 2.06.